The lowest BCUT2D eigenvalue weighted by molar-refractivity contribution is -0.139. The molecule has 1 atom stereocenters. The van der Waals surface area contributed by atoms with E-state index >= 15 is 0 Å². The van der Waals surface area contributed by atoms with Gasteiger partial charge in [-0.05, 0) is 46.5 Å². The standard InChI is InChI=1S/C11H13BrN2O3S/c1-18-5-4-8(11(16)17)14-10(15)7-2-3-9(12)13-6-7/h2-3,6,8H,4-5H2,1H3,(H,14,15)(H,16,17)/t8-/m1/s1. The van der Waals surface area contributed by atoms with Crippen molar-refractivity contribution in [1.29, 1.82) is 0 Å². The molecule has 0 aliphatic heterocycles. The minimum absolute atomic E-state index is 0.341. The number of amides is 1. The maximum Gasteiger partial charge on any atom is 0.326 e. The zero-order chi connectivity index (χ0) is 13.5. The highest BCUT2D eigenvalue weighted by atomic mass is 79.9. The maximum absolute atomic E-state index is 11.8. The Balaban J connectivity index is 2.66. The van der Waals surface area contributed by atoms with Crippen LogP contribution in [0.5, 0.6) is 0 Å². The van der Waals surface area contributed by atoms with Gasteiger partial charge in [-0.25, -0.2) is 9.78 Å². The molecule has 1 rings (SSSR count). The summed E-state index contributed by atoms with van der Waals surface area (Å²) < 4.78 is 0.621. The molecular formula is C11H13BrN2O3S. The van der Waals surface area contributed by atoms with Crippen molar-refractivity contribution < 1.29 is 14.7 Å². The summed E-state index contributed by atoms with van der Waals surface area (Å²) in [6.45, 7) is 0. The van der Waals surface area contributed by atoms with Gasteiger partial charge in [-0.1, -0.05) is 0 Å². The molecule has 0 aliphatic rings. The Hall–Kier alpha value is -1.08. The Bertz CT molecular complexity index is 425. The van der Waals surface area contributed by atoms with Crippen LogP contribution >= 0.6 is 27.7 Å². The van der Waals surface area contributed by atoms with E-state index in [0.29, 0.717) is 22.3 Å². The molecule has 0 spiro atoms. The number of carboxylic acids is 1. The summed E-state index contributed by atoms with van der Waals surface area (Å²) in [7, 11) is 0. The number of rotatable bonds is 6. The number of carbonyl (C=O) groups is 2. The van der Waals surface area contributed by atoms with Gasteiger partial charge >= 0.3 is 5.97 Å². The number of nitrogens with zero attached hydrogens (tertiary/aromatic N) is 1. The quantitative estimate of drug-likeness (QED) is 0.776. The molecule has 0 aliphatic carbocycles. The largest absolute Gasteiger partial charge is 0.480 e. The Morgan fingerprint density at radius 3 is 2.78 bits per heavy atom. The zero-order valence-electron chi connectivity index (χ0n) is 9.72. The van der Waals surface area contributed by atoms with E-state index in [2.05, 4.69) is 26.2 Å². The van der Waals surface area contributed by atoms with Gasteiger partial charge in [0.25, 0.3) is 5.91 Å². The number of hydrogen-bond acceptors (Lipinski definition) is 4. The first-order valence-electron chi connectivity index (χ1n) is 5.18. The molecule has 0 saturated heterocycles. The molecular weight excluding hydrogens is 320 g/mol. The Morgan fingerprint density at radius 1 is 1.56 bits per heavy atom. The van der Waals surface area contributed by atoms with Crippen molar-refractivity contribution in [3.8, 4) is 0 Å². The van der Waals surface area contributed by atoms with Crippen LogP contribution in [-0.2, 0) is 4.79 Å². The lowest BCUT2D eigenvalue weighted by Gasteiger charge is -2.13. The molecule has 1 amide bonds. The smallest absolute Gasteiger partial charge is 0.326 e. The monoisotopic (exact) mass is 332 g/mol. The van der Waals surface area contributed by atoms with Crippen molar-refractivity contribution in [3.05, 3.63) is 28.5 Å². The molecule has 1 aromatic heterocycles. The van der Waals surface area contributed by atoms with Crippen LogP contribution in [0.4, 0.5) is 0 Å². The molecule has 7 heteroatoms. The number of nitrogens with one attached hydrogen (secondary N) is 1. The number of carbonyl (C=O) groups excluding carboxylic acids is 1. The van der Waals surface area contributed by atoms with Crippen molar-refractivity contribution >= 4 is 39.6 Å². The maximum atomic E-state index is 11.8. The molecule has 0 saturated carbocycles. The van der Waals surface area contributed by atoms with Crippen LogP contribution in [0.15, 0.2) is 22.9 Å². The van der Waals surface area contributed by atoms with Gasteiger partial charge in [-0.3, -0.25) is 4.79 Å². The third-order valence-electron chi connectivity index (χ3n) is 2.20. The fraction of sp³-hybridized carbons (Fsp3) is 0.364. The number of carboxylic acid groups (broad SMARTS) is 1. The number of pyridine rings is 1. The van der Waals surface area contributed by atoms with Gasteiger partial charge < -0.3 is 10.4 Å². The van der Waals surface area contributed by atoms with E-state index < -0.39 is 17.9 Å². The molecule has 98 valence electrons. The van der Waals surface area contributed by atoms with Crippen molar-refractivity contribution in [2.75, 3.05) is 12.0 Å². The Kier molecular flexibility index (Phi) is 6.14. The second-order valence-electron chi connectivity index (χ2n) is 3.52. The second-order valence-corrected chi connectivity index (χ2v) is 5.31. The fourth-order valence-corrected chi connectivity index (χ4v) is 1.95. The highest BCUT2D eigenvalue weighted by molar-refractivity contribution is 9.10. The van der Waals surface area contributed by atoms with Crippen LogP contribution in [0.25, 0.3) is 0 Å². The molecule has 0 unspecified atom stereocenters. The van der Waals surface area contributed by atoms with Gasteiger partial charge in [0, 0.05) is 6.20 Å². The molecule has 1 heterocycles. The van der Waals surface area contributed by atoms with Crippen LogP contribution in [0, 0.1) is 0 Å². The predicted octanol–water partition coefficient (Wildman–Crippen LogP) is 1.78. The van der Waals surface area contributed by atoms with Crippen LogP contribution in [0.3, 0.4) is 0 Å². The minimum Gasteiger partial charge on any atom is -0.480 e. The van der Waals surface area contributed by atoms with Crippen molar-refractivity contribution in [3.63, 3.8) is 0 Å². The van der Waals surface area contributed by atoms with E-state index in [-0.39, 0.29) is 0 Å². The highest BCUT2D eigenvalue weighted by Crippen LogP contribution is 2.07. The first-order chi connectivity index (χ1) is 8.54. The summed E-state index contributed by atoms with van der Waals surface area (Å²) in [5.74, 6) is -0.776. The third-order valence-corrected chi connectivity index (χ3v) is 3.32. The second kappa shape index (κ2) is 7.38. The zero-order valence-corrected chi connectivity index (χ0v) is 12.1. The van der Waals surface area contributed by atoms with Gasteiger partial charge in [0.2, 0.25) is 0 Å². The summed E-state index contributed by atoms with van der Waals surface area (Å²) in [5.41, 5.74) is 0.341. The summed E-state index contributed by atoms with van der Waals surface area (Å²) in [6, 6.07) is 2.35. The lowest BCUT2D eigenvalue weighted by atomic mass is 10.2. The Morgan fingerprint density at radius 2 is 2.28 bits per heavy atom. The number of halogens is 1. The average Bonchev–Trinajstić information content (AvgIpc) is 2.34. The topological polar surface area (TPSA) is 79.3 Å². The van der Waals surface area contributed by atoms with E-state index in [1.807, 2.05) is 6.26 Å². The summed E-state index contributed by atoms with van der Waals surface area (Å²) in [5, 5.41) is 11.5. The SMILES string of the molecule is CSCC[C@@H](NC(=O)c1ccc(Br)nc1)C(=O)O. The van der Waals surface area contributed by atoms with Crippen LogP contribution in [0.1, 0.15) is 16.8 Å². The fourth-order valence-electron chi connectivity index (χ4n) is 1.24. The van der Waals surface area contributed by atoms with Crippen molar-refractivity contribution in [2.45, 2.75) is 12.5 Å². The summed E-state index contributed by atoms with van der Waals surface area (Å²) >= 11 is 4.70. The van der Waals surface area contributed by atoms with Crippen molar-refractivity contribution in [1.82, 2.24) is 10.3 Å². The van der Waals surface area contributed by atoms with Gasteiger partial charge in [-0.15, -0.1) is 0 Å². The molecule has 5 nitrogen and oxygen atoms in total. The van der Waals surface area contributed by atoms with Gasteiger partial charge in [0.05, 0.1) is 5.56 Å². The van der Waals surface area contributed by atoms with Crippen LogP contribution in [-0.4, -0.2) is 40.0 Å². The van der Waals surface area contributed by atoms with Crippen LogP contribution in [0.2, 0.25) is 0 Å². The number of hydrogen-bond donors (Lipinski definition) is 2. The first kappa shape index (κ1) is 15.0. The Labute approximate surface area is 117 Å². The van der Waals surface area contributed by atoms with Gasteiger partial charge in [0.1, 0.15) is 10.6 Å². The lowest BCUT2D eigenvalue weighted by Crippen LogP contribution is -2.41. The molecule has 0 aromatic carbocycles. The first-order valence-corrected chi connectivity index (χ1v) is 7.37. The van der Waals surface area contributed by atoms with E-state index in [4.69, 9.17) is 5.11 Å². The van der Waals surface area contributed by atoms with Crippen molar-refractivity contribution in [2.24, 2.45) is 0 Å². The van der Waals surface area contributed by atoms with E-state index in [1.54, 1.807) is 12.1 Å². The van der Waals surface area contributed by atoms with Gasteiger partial charge in [-0.2, -0.15) is 11.8 Å². The number of aliphatic carboxylic acids is 1. The normalized spacial score (nSPS) is 11.9. The molecule has 2 N–H and O–H groups in total. The molecule has 18 heavy (non-hydrogen) atoms. The predicted molar refractivity (Wildman–Crippen MR) is 73.8 cm³/mol. The average molecular weight is 333 g/mol. The number of thioether (sulfide) groups is 1. The van der Waals surface area contributed by atoms with E-state index in [9.17, 15) is 9.59 Å². The summed E-state index contributed by atoms with van der Waals surface area (Å²) in [6.07, 6.45) is 3.68. The van der Waals surface area contributed by atoms with E-state index in [1.165, 1.54) is 18.0 Å². The highest BCUT2D eigenvalue weighted by Gasteiger charge is 2.20. The third kappa shape index (κ3) is 4.66. The van der Waals surface area contributed by atoms with E-state index in [0.717, 1.165) is 0 Å². The summed E-state index contributed by atoms with van der Waals surface area (Å²) in [4.78, 5) is 26.7. The van der Waals surface area contributed by atoms with Crippen LogP contribution < -0.4 is 5.32 Å². The molecule has 0 fully saturated rings. The molecule has 0 radical (unpaired) electrons. The van der Waals surface area contributed by atoms with Gasteiger partial charge in [0.15, 0.2) is 0 Å². The molecule has 0 bridgehead atoms. The minimum atomic E-state index is -1.03. The number of aromatic nitrogens is 1. The molecule has 1 aromatic rings.